The lowest BCUT2D eigenvalue weighted by Gasteiger charge is -2.16. The van der Waals surface area contributed by atoms with Gasteiger partial charge in [0.15, 0.2) is 11.6 Å². The third kappa shape index (κ3) is 4.79. The Kier molecular flexibility index (Phi) is 6.52. The number of anilines is 1. The number of carbonyl (C=O) groups is 2. The predicted molar refractivity (Wildman–Crippen MR) is 128 cm³/mol. The van der Waals surface area contributed by atoms with E-state index in [4.69, 9.17) is 0 Å². The molecule has 0 unspecified atom stereocenters. The van der Waals surface area contributed by atoms with E-state index in [0.29, 0.717) is 17.0 Å². The molecule has 0 atom stereocenters. The van der Waals surface area contributed by atoms with Crippen molar-refractivity contribution >= 4 is 17.4 Å². The molecule has 0 saturated carbocycles. The van der Waals surface area contributed by atoms with E-state index in [1.165, 1.54) is 23.6 Å². The molecule has 1 aliphatic carbocycles. The number of hydrogen-bond acceptors (Lipinski definition) is 4. The van der Waals surface area contributed by atoms with E-state index in [9.17, 15) is 14.0 Å². The van der Waals surface area contributed by atoms with Crippen molar-refractivity contribution in [1.82, 2.24) is 14.8 Å². The maximum absolute atomic E-state index is 14.5. The van der Waals surface area contributed by atoms with Crippen molar-refractivity contribution in [3.05, 3.63) is 64.7 Å². The second kappa shape index (κ2) is 9.87. The fourth-order valence-corrected chi connectivity index (χ4v) is 4.95. The highest BCUT2D eigenvalue weighted by atomic mass is 19.1. The summed E-state index contributed by atoms with van der Waals surface area (Å²) < 4.78 is 16.6. The third-order valence-corrected chi connectivity index (χ3v) is 6.86. The van der Waals surface area contributed by atoms with Gasteiger partial charge < -0.3 is 9.88 Å². The summed E-state index contributed by atoms with van der Waals surface area (Å²) in [6.07, 6.45) is 8.68. The largest absolute Gasteiger partial charge is 0.324 e. The van der Waals surface area contributed by atoms with Gasteiger partial charge in [-0.2, -0.15) is 0 Å². The van der Waals surface area contributed by atoms with Gasteiger partial charge in [-0.25, -0.2) is 4.39 Å². The fourth-order valence-electron chi connectivity index (χ4n) is 4.95. The molecule has 0 saturated heterocycles. The molecule has 0 bridgehead atoms. The number of amides is 1. The molecule has 2 aromatic carbocycles. The summed E-state index contributed by atoms with van der Waals surface area (Å²) in [7, 11) is 0. The van der Waals surface area contributed by atoms with Crippen LogP contribution >= 0.6 is 0 Å². The summed E-state index contributed by atoms with van der Waals surface area (Å²) in [5.74, 6) is 0.665. The van der Waals surface area contributed by atoms with Crippen LogP contribution in [0.5, 0.6) is 0 Å². The monoisotopic (exact) mass is 460 g/mol. The van der Waals surface area contributed by atoms with Crippen molar-refractivity contribution < 1.29 is 14.0 Å². The number of hydrogen-bond donors (Lipinski definition) is 1. The maximum Gasteiger partial charge on any atom is 0.224 e. The first-order valence-electron chi connectivity index (χ1n) is 12.3. The van der Waals surface area contributed by atoms with Crippen molar-refractivity contribution in [3.8, 4) is 11.4 Å². The summed E-state index contributed by atoms with van der Waals surface area (Å²) >= 11 is 0. The molecule has 1 amide bonds. The number of rotatable bonds is 6. The highest BCUT2D eigenvalue weighted by molar-refractivity contribution is 6.00. The van der Waals surface area contributed by atoms with Crippen molar-refractivity contribution in [2.45, 2.75) is 70.8 Å². The Morgan fingerprint density at radius 1 is 0.882 bits per heavy atom. The molecular formula is C27H29FN4O2. The predicted octanol–water partition coefficient (Wildman–Crippen LogP) is 5.29. The number of halogens is 1. The highest BCUT2D eigenvalue weighted by Gasteiger charge is 2.18. The van der Waals surface area contributed by atoms with Crippen molar-refractivity contribution in [1.29, 1.82) is 0 Å². The molecule has 7 heteroatoms. The van der Waals surface area contributed by atoms with Crippen molar-refractivity contribution in [3.63, 3.8) is 0 Å². The van der Waals surface area contributed by atoms with Gasteiger partial charge >= 0.3 is 0 Å². The van der Waals surface area contributed by atoms with Gasteiger partial charge in [0.2, 0.25) is 5.91 Å². The lowest BCUT2D eigenvalue weighted by Crippen LogP contribution is -2.15. The van der Waals surface area contributed by atoms with E-state index in [-0.39, 0.29) is 30.2 Å². The average molecular weight is 461 g/mol. The first kappa shape index (κ1) is 22.4. The molecule has 2 aliphatic rings. The number of fused-ring (bicyclic) bond motifs is 2. The van der Waals surface area contributed by atoms with Crippen LogP contribution in [0.3, 0.4) is 0 Å². The molecule has 1 N–H and O–H groups in total. The molecule has 6 nitrogen and oxygen atoms in total. The van der Waals surface area contributed by atoms with Crippen LogP contribution in [0.4, 0.5) is 10.1 Å². The molecule has 0 fully saturated rings. The number of nitrogens with zero attached hydrogens (tertiary/aromatic N) is 3. The van der Waals surface area contributed by atoms with Gasteiger partial charge in [0.25, 0.3) is 0 Å². The minimum Gasteiger partial charge on any atom is -0.324 e. The van der Waals surface area contributed by atoms with Crippen LogP contribution in [-0.4, -0.2) is 26.5 Å². The second-order valence-corrected chi connectivity index (χ2v) is 9.26. The number of carbonyl (C=O) groups excluding carboxylic acids is 2. The van der Waals surface area contributed by atoms with E-state index in [2.05, 4.69) is 20.1 Å². The number of Topliss-reactive ketones (excluding diaryl/α,β-unsaturated/α-hetero) is 1. The Balaban J connectivity index is 1.24. The summed E-state index contributed by atoms with van der Waals surface area (Å²) in [5, 5.41) is 11.3. The van der Waals surface area contributed by atoms with Crippen LogP contribution < -0.4 is 5.32 Å². The standard InChI is InChI=1S/C27H29FN4O2/c28-22-12-11-21(27-31-30-25-8-2-1-5-15-32(25)27)17-23(22)29-26(34)14-13-24(33)20-10-9-18-6-3-4-7-19(18)16-20/h9-12,16-17H,1-8,13-15H2,(H,29,34). The summed E-state index contributed by atoms with van der Waals surface area (Å²) in [4.78, 5) is 25.2. The van der Waals surface area contributed by atoms with Crippen LogP contribution in [0.1, 0.15) is 72.3 Å². The SMILES string of the molecule is O=C(CCC(=O)c1ccc2c(c1)CCCC2)Nc1cc(-c2nnc3n2CCCCC3)ccc1F. The van der Waals surface area contributed by atoms with Crippen LogP contribution in [0.25, 0.3) is 11.4 Å². The third-order valence-electron chi connectivity index (χ3n) is 6.86. The summed E-state index contributed by atoms with van der Waals surface area (Å²) in [6.45, 7) is 0.835. The van der Waals surface area contributed by atoms with Gasteiger partial charge in [-0.1, -0.05) is 18.6 Å². The molecule has 176 valence electrons. The Bertz CT molecular complexity index is 1230. The van der Waals surface area contributed by atoms with Crippen molar-refractivity contribution in [2.24, 2.45) is 0 Å². The van der Waals surface area contributed by atoms with Crippen LogP contribution in [0.15, 0.2) is 36.4 Å². The number of aryl methyl sites for hydroxylation is 3. The number of aromatic nitrogens is 3. The van der Waals surface area contributed by atoms with E-state index >= 15 is 0 Å². The Morgan fingerprint density at radius 3 is 2.59 bits per heavy atom. The molecule has 1 aromatic heterocycles. The Hall–Kier alpha value is -3.35. The maximum atomic E-state index is 14.5. The summed E-state index contributed by atoms with van der Waals surface area (Å²) in [6, 6.07) is 10.5. The van der Waals surface area contributed by atoms with E-state index < -0.39 is 5.82 Å². The quantitative estimate of drug-likeness (QED) is 0.507. The molecule has 0 spiro atoms. The molecule has 1 aliphatic heterocycles. The smallest absolute Gasteiger partial charge is 0.224 e. The Morgan fingerprint density at radius 2 is 1.71 bits per heavy atom. The summed E-state index contributed by atoms with van der Waals surface area (Å²) in [5.41, 5.74) is 4.01. The molecule has 0 radical (unpaired) electrons. The molecule has 34 heavy (non-hydrogen) atoms. The van der Waals surface area contributed by atoms with Gasteiger partial charge in [0.05, 0.1) is 5.69 Å². The lowest BCUT2D eigenvalue weighted by molar-refractivity contribution is -0.116. The van der Waals surface area contributed by atoms with Crippen LogP contribution in [-0.2, 0) is 30.6 Å². The minimum atomic E-state index is -0.520. The highest BCUT2D eigenvalue weighted by Crippen LogP contribution is 2.27. The van der Waals surface area contributed by atoms with Crippen molar-refractivity contribution in [2.75, 3.05) is 5.32 Å². The zero-order valence-corrected chi connectivity index (χ0v) is 19.3. The van der Waals surface area contributed by atoms with Crippen LogP contribution in [0.2, 0.25) is 0 Å². The van der Waals surface area contributed by atoms with Gasteiger partial charge in [0.1, 0.15) is 11.6 Å². The second-order valence-electron chi connectivity index (χ2n) is 9.26. The molecule has 5 rings (SSSR count). The van der Waals surface area contributed by atoms with Gasteiger partial charge in [-0.05, 0) is 73.9 Å². The molecule has 2 heterocycles. The van der Waals surface area contributed by atoms with Gasteiger partial charge in [0, 0.05) is 36.9 Å². The molecule has 3 aromatic rings. The van der Waals surface area contributed by atoms with E-state index in [1.54, 1.807) is 12.1 Å². The first-order valence-corrected chi connectivity index (χ1v) is 12.3. The zero-order valence-electron chi connectivity index (χ0n) is 19.3. The van der Waals surface area contributed by atoms with E-state index in [0.717, 1.165) is 57.3 Å². The lowest BCUT2D eigenvalue weighted by atomic mass is 9.89. The molecular weight excluding hydrogens is 431 g/mol. The Labute approximate surface area is 198 Å². The number of benzene rings is 2. The van der Waals surface area contributed by atoms with Gasteiger partial charge in [-0.15, -0.1) is 10.2 Å². The normalized spacial score (nSPS) is 15.2. The number of nitrogens with one attached hydrogen (secondary N) is 1. The fraction of sp³-hybridized carbons (Fsp3) is 0.407. The van der Waals surface area contributed by atoms with Crippen LogP contribution in [0, 0.1) is 5.82 Å². The van der Waals surface area contributed by atoms with E-state index in [1.807, 2.05) is 18.2 Å². The number of ketones is 1. The topological polar surface area (TPSA) is 76.9 Å². The van der Waals surface area contributed by atoms with Gasteiger partial charge in [-0.3, -0.25) is 9.59 Å². The average Bonchev–Trinajstić information content (AvgIpc) is 3.11. The first-order chi connectivity index (χ1) is 16.6. The minimum absolute atomic E-state index is 0.0000829. The zero-order chi connectivity index (χ0) is 23.5.